The van der Waals surface area contributed by atoms with Crippen LogP contribution < -0.4 is 5.32 Å². The quantitative estimate of drug-likeness (QED) is 0.812. The molecule has 3 rings (SSSR count). The average molecular weight is 283 g/mol. The van der Waals surface area contributed by atoms with Gasteiger partial charge in [0.1, 0.15) is 0 Å². The highest BCUT2D eigenvalue weighted by atomic mass is 32.2. The molecule has 0 radical (unpaired) electrons. The third-order valence-electron chi connectivity index (χ3n) is 4.69. The first-order valence-corrected chi connectivity index (χ1v) is 8.84. The zero-order chi connectivity index (χ0) is 13.1. The van der Waals surface area contributed by atoms with Gasteiger partial charge in [0.25, 0.3) is 0 Å². The molecule has 0 aromatic heterocycles. The van der Waals surface area contributed by atoms with Crippen LogP contribution in [0.3, 0.4) is 0 Å². The lowest BCUT2D eigenvalue weighted by Crippen LogP contribution is -2.57. The van der Waals surface area contributed by atoms with E-state index in [1.807, 2.05) is 11.8 Å². The highest BCUT2D eigenvalue weighted by Gasteiger charge is 2.31. The Hall–Kier alpha value is -0.260. The molecule has 1 atom stereocenters. The normalized spacial score (nSPS) is 30.7. The van der Waals surface area contributed by atoms with Crippen molar-refractivity contribution in [3.63, 3.8) is 0 Å². The van der Waals surface area contributed by atoms with Gasteiger partial charge < -0.3 is 10.2 Å². The van der Waals surface area contributed by atoms with Crippen molar-refractivity contribution in [2.75, 3.05) is 44.2 Å². The molecule has 2 saturated heterocycles. The molecule has 0 spiro atoms. The van der Waals surface area contributed by atoms with Gasteiger partial charge in [-0.1, -0.05) is 12.8 Å². The van der Waals surface area contributed by atoms with E-state index in [0.717, 1.165) is 50.3 Å². The lowest BCUT2D eigenvalue weighted by atomic mass is 10.1. The minimum absolute atomic E-state index is 0.0665. The van der Waals surface area contributed by atoms with E-state index in [4.69, 9.17) is 0 Å². The van der Waals surface area contributed by atoms with Crippen LogP contribution in [0.5, 0.6) is 0 Å². The molecule has 4 nitrogen and oxygen atoms in total. The molecule has 19 heavy (non-hydrogen) atoms. The van der Waals surface area contributed by atoms with E-state index in [0.29, 0.717) is 5.91 Å². The molecule has 1 saturated carbocycles. The Morgan fingerprint density at radius 2 is 1.84 bits per heavy atom. The van der Waals surface area contributed by atoms with Crippen molar-refractivity contribution in [1.29, 1.82) is 0 Å². The Labute approximate surface area is 120 Å². The van der Waals surface area contributed by atoms with E-state index in [2.05, 4.69) is 15.1 Å². The van der Waals surface area contributed by atoms with Crippen LogP contribution in [0.2, 0.25) is 0 Å². The fourth-order valence-corrected chi connectivity index (χ4v) is 4.45. The fraction of sp³-hybridized carbons (Fsp3) is 0.929. The smallest absolute Gasteiger partial charge is 0.240 e. The predicted octanol–water partition coefficient (Wildman–Crippen LogP) is 0.778. The first-order valence-electron chi connectivity index (χ1n) is 7.68. The number of rotatable bonds is 2. The van der Waals surface area contributed by atoms with Gasteiger partial charge in [-0.15, -0.1) is 0 Å². The van der Waals surface area contributed by atoms with Crippen molar-refractivity contribution in [3.05, 3.63) is 0 Å². The van der Waals surface area contributed by atoms with Crippen molar-refractivity contribution in [2.24, 2.45) is 0 Å². The van der Waals surface area contributed by atoms with Gasteiger partial charge in [0.2, 0.25) is 5.91 Å². The molecule has 1 aliphatic carbocycles. The standard InChI is InChI=1S/C14H25N3OS/c18-14(13-11-19-10-5-15-13)17-8-6-16(7-9-17)12-3-1-2-4-12/h12-13,15H,1-11H2. The summed E-state index contributed by atoms with van der Waals surface area (Å²) >= 11 is 1.90. The van der Waals surface area contributed by atoms with Gasteiger partial charge in [-0.05, 0) is 12.8 Å². The highest BCUT2D eigenvalue weighted by molar-refractivity contribution is 7.99. The van der Waals surface area contributed by atoms with Gasteiger partial charge in [0.05, 0.1) is 6.04 Å². The molecular weight excluding hydrogens is 258 g/mol. The van der Waals surface area contributed by atoms with Crippen LogP contribution in [0.1, 0.15) is 25.7 Å². The van der Waals surface area contributed by atoms with Crippen LogP contribution in [-0.4, -0.2) is 72.0 Å². The third kappa shape index (κ3) is 3.26. The maximum Gasteiger partial charge on any atom is 0.240 e. The van der Waals surface area contributed by atoms with Crippen LogP contribution >= 0.6 is 11.8 Å². The van der Waals surface area contributed by atoms with Crippen molar-refractivity contribution in [2.45, 2.75) is 37.8 Å². The van der Waals surface area contributed by atoms with Crippen molar-refractivity contribution < 1.29 is 4.79 Å². The number of amides is 1. The molecule has 1 unspecified atom stereocenters. The second kappa shape index (κ2) is 6.46. The van der Waals surface area contributed by atoms with Crippen molar-refractivity contribution in [3.8, 4) is 0 Å². The van der Waals surface area contributed by atoms with Crippen molar-refractivity contribution in [1.82, 2.24) is 15.1 Å². The second-order valence-corrected chi connectivity index (χ2v) is 7.03. The topological polar surface area (TPSA) is 35.6 Å². The lowest BCUT2D eigenvalue weighted by Gasteiger charge is -2.39. The SMILES string of the molecule is O=C(C1CSCCN1)N1CCN(C2CCCC2)CC1. The van der Waals surface area contributed by atoms with Gasteiger partial charge >= 0.3 is 0 Å². The zero-order valence-corrected chi connectivity index (χ0v) is 12.5. The third-order valence-corrected chi connectivity index (χ3v) is 5.75. The summed E-state index contributed by atoms with van der Waals surface area (Å²) in [7, 11) is 0. The van der Waals surface area contributed by atoms with E-state index in [-0.39, 0.29) is 6.04 Å². The molecular formula is C14H25N3OS. The van der Waals surface area contributed by atoms with E-state index >= 15 is 0 Å². The Kier molecular flexibility index (Phi) is 4.66. The molecule has 0 bridgehead atoms. The first-order chi connectivity index (χ1) is 9.34. The molecule has 0 aromatic carbocycles. The van der Waals surface area contributed by atoms with E-state index in [9.17, 15) is 4.79 Å². The largest absolute Gasteiger partial charge is 0.339 e. The number of thioether (sulfide) groups is 1. The van der Waals surface area contributed by atoms with Gasteiger partial charge in [0.15, 0.2) is 0 Å². The maximum atomic E-state index is 12.4. The number of carbonyl (C=O) groups is 1. The first kappa shape index (κ1) is 13.7. The summed E-state index contributed by atoms with van der Waals surface area (Å²) in [5, 5.41) is 3.36. The van der Waals surface area contributed by atoms with Crippen LogP contribution in [-0.2, 0) is 4.79 Å². The highest BCUT2D eigenvalue weighted by Crippen LogP contribution is 2.24. The summed E-state index contributed by atoms with van der Waals surface area (Å²) in [6.07, 6.45) is 5.53. The van der Waals surface area contributed by atoms with Crippen molar-refractivity contribution >= 4 is 17.7 Å². The van der Waals surface area contributed by atoms with Gasteiger partial charge in [-0.2, -0.15) is 11.8 Å². The van der Waals surface area contributed by atoms with Gasteiger partial charge in [0, 0.05) is 50.3 Å². The van der Waals surface area contributed by atoms with E-state index in [1.54, 1.807) is 0 Å². The van der Waals surface area contributed by atoms with Crippen LogP contribution in [0, 0.1) is 0 Å². The Morgan fingerprint density at radius 1 is 1.11 bits per heavy atom. The summed E-state index contributed by atoms with van der Waals surface area (Å²) in [4.78, 5) is 17.1. The lowest BCUT2D eigenvalue weighted by molar-refractivity contribution is -0.135. The molecule has 2 aliphatic heterocycles. The molecule has 1 N–H and O–H groups in total. The van der Waals surface area contributed by atoms with Gasteiger partial charge in [-0.3, -0.25) is 9.69 Å². The monoisotopic (exact) mass is 283 g/mol. The molecule has 3 aliphatic rings. The molecule has 108 valence electrons. The number of hydrogen-bond donors (Lipinski definition) is 1. The molecule has 1 amide bonds. The zero-order valence-electron chi connectivity index (χ0n) is 11.6. The number of hydrogen-bond acceptors (Lipinski definition) is 4. The van der Waals surface area contributed by atoms with Gasteiger partial charge in [-0.25, -0.2) is 0 Å². The predicted molar refractivity (Wildman–Crippen MR) is 79.5 cm³/mol. The van der Waals surface area contributed by atoms with E-state index < -0.39 is 0 Å². The summed E-state index contributed by atoms with van der Waals surface area (Å²) in [5.74, 6) is 2.42. The maximum absolute atomic E-state index is 12.4. The minimum Gasteiger partial charge on any atom is -0.339 e. The second-order valence-electron chi connectivity index (χ2n) is 5.88. The molecule has 3 fully saturated rings. The number of nitrogens with zero attached hydrogens (tertiary/aromatic N) is 2. The summed E-state index contributed by atoms with van der Waals surface area (Å²) in [5.41, 5.74) is 0. The molecule has 2 heterocycles. The number of carbonyl (C=O) groups excluding carboxylic acids is 1. The summed E-state index contributed by atoms with van der Waals surface area (Å²) < 4.78 is 0. The Bertz CT molecular complexity index is 306. The summed E-state index contributed by atoms with van der Waals surface area (Å²) in [6.45, 7) is 4.99. The molecule has 0 aromatic rings. The van der Waals surface area contributed by atoms with E-state index in [1.165, 1.54) is 25.7 Å². The minimum atomic E-state index is 0.0665. The average Bonchev–Trinajstić information content (AvgIpc) is 3.02. The number of nitrogens with one attached hydrogen (secondary N) is 1. The Balaban J connectivity index is 1.47. The molecule has 5 heteroatoms. The Morgan fingerprint density at radius 3 is 2.47 bits per heavy atom. The van der Waals surface area contributed by atoms with Crippen LogP contribution in [0.15, 0.2) is 0 Å². The van der Waals surface area contributed by atoms with Crippen LogP contribution in [0.25, 0.3) is 0 Å². The number of piperazine rings is 1. The summed E-state index contributed by atoms with van der Waals surface area (Å²) in [6, 6.07) is 0.873. The van der Waals surface area contributed by atoms with Crippen LogP contribution in [0.4, 0.5) is 0 Å². The fourth-order valence-electron chi connectivity index (χ4n) is 3.52.